The highest BCUT2D eigenvalue weighted by Gasteiger charge is 2.19. The largest absolute Gasteiger partial charge is 0.348 e. The molecule has 3 nitrogen and oxygen atoms in total. The summed E-state index contributed by atoms with van der Waals surface area (Å²) in [6.45, 7) is 4.97. The predicted octanol–water partition coefficient (Wildman–Crippen LogP) is 1.94. The number of rotatable bonds is 3. The molecule has 0 bridgehead atoms. The number of nitrogens with zero attached hydrogens (tertiary/aromatic N) is 2. The highest BCUT2D eigenvalue weighted by molar-refractivity contribution is 5.96. The molecule has 0 amide bonds. The topological polar surface area (TPSA) is 25.2 Å². The lowest BCUT2D eigenvalue weighted by atomic mass is 10.00. The highest BCUT2D eigenvalue weighted by Crippen LogP contribution is 2.15. The Kier molecular flexibility index (Phi) is 3.44. The van der Waals surface area contributed by atoms with Gasteiger partial charge in [0.2, 0.25) is 0 Å². The van der Waals surface area contributed by atoms with E-state index in [1.165, 1.54) is 12.8 Å². The lowest BCUT2D eigenvalue weighted by Gasteiger charge is -2.30. The molecule has 0 spiro atoms. The summed E-state index contributed by atoms with van der Waals surface area (Å²) in [4.78, 5) is 14.3. The van der Waals surface area contributed by atoms with Crippen LogP contribution in [0.3, 0.4) is 0 Å². The van der Waals surface area contributed by atoms with E-state index in [4.69, 9.17) is 0 Å². The summed E-state index contributed by atoms with van der Waals surface area (Å²) in [5.41, 5.74) is 0.818. The van der Waals surface area contributed by atoms with Gasteiger partial charge in [0.05, 0.1) is 12.2 Å². The minimum absolute atomic E-state index is 0.238. The summed E-state index contributed by atoms with van der Waals surface area (Å²) < 4.78 is 1.90. The Labute approximate surface area is 97.1 Å². The van der Waals surface area contributed by atoms with Gasteiger partial charge in [0.25, 0.3) is 0 Å². The van der Waals surface area contributed by atoms with Gasteiger partial charge in [0.1, 0.15) is 0 Å². The zero-order chi connectivity index (χ0) is 11.5. The first-order valence-corrected chi connectivity index (χ1v) is 6.03. The number of hydrogen-bond donors (Lipinski definition) is 0. The molecule has 1 aromatic rings. The fraction of sp³-hybridized carbons (Fsp3) is 0.615. The van der Waals surface area contributed by atoms with Gasteiger partial charge < -0.3 is 4.57 Å². The third-order valence-electron chi connectivity index (χ3n) is 3.34. The third-order valence-corrected chi connectivity index (χ3v) is 3.34. The van der Waals surface area contributed by atoms with Crippen molar-refractivity contribution in [3.8, 4) is 0 Å². The Bertz CT molecular complexity index is 370. The summed E-state index contributed by atoms with van der Waals surface area (Å²) in [6, 6.07) is 3.82. The molecule has 1 saturated heterocycles. The maximum absolute atomic E-state index is 12.0. The van der Waals surface area contributed by atoms with E-state index in [9.17, 15) is 4.79 Å². The van der Waals surface area contributed by atoms with E-state index in [0.717, 1.165) is 24.7 Å². The highest BCUT2D eigenvalue weighted by atomic mass is 16.1. The molecule has 1 aromatic heterocycles. The third kappa shape index (κ3) is 2.53. The quantitative estimate of drug-likeness (QED) is 0.727. The molecule has 16 heavy (non-hydrogen) atoms. The van der Waals surface area contributed by atoms with Crippen molar-refractivity contribution >= 4 is 5.78 Å². The van der Waals surface area contributed by atoms with Gasteiger partial charge >= 0.3 is 0 Å². The minimum atomic E-state index is 0.238. The van der Waals surface area contributed by atoms with Crippen LogP contribution in [0.1, 0.15) is 30.3 Å². The van der Waals surface area contributed by atoms with Gasteiger partial charge in [0.15, 0.2) is 5.78 Å². The van der Waals surface area contributed by atoms with E-state index in [-0.39, 0.29) is 5.78 Å². The Morgan fingerprint density at radius 2 is 2.38 bits per heavy atom. The Morgan fingerprint density at radius 1 is 1.56 bits per heavy atom. The van der Waals surface area contributed by atoms with Gasteiger partial charge in [-0.15, -0.1) is 0 Å². The first kappa shape index (κ1) is 11.4. The fourth-order valence-electron chi connectivity index (χ4n) is 2.47. The van der Waals surface area contributed by atoms with Gasteiger partial charge in [-0.2, -0.15) is 0 Å². The molecule has 2 rings (SSSR count). The summed E-state index contributed by atoms with van der Waals surface area (Å²) in [6.07, 6.45) is 4.45. The molecule has 0 aliphatic carbocycles. The van der Waals surface area contributed by atoms with Crippen LogP contribution in [0.4, 0.5) is 0 Å². The average molecular weight is 220 g/mol. The van der Waals surface area contributed by atoms with E-state index in [0.29, 0.717) is 6.54 Å². The van der Waals surface area contributed by atoms with Gasteiger partial charge in [-0.3, -0.25) is 9.69 Å². The monoisotopic (exact) mass is 220 g/mol. The summed E-state index contributed by atoms with van der Waals surface area (Å²) in [5.74, 6) is 0.969. The number of carbonyl (C=O) groups is 1. The number of likely N-dealkylation sites (tertiary alicyclic amines) is 1. The second kappa shape index (κ2) is 4.83. The van der Waals surface area contributed by atoms with E-state index in [1.54, 1.807) is 0 Å². The first-order valence-electron chi connectivity index (χ1n) is 6.03. The average Bonchev–Trinajstić information content (AvgIpc) is 2.64. The standard InChI is InChI=1S/C13H20N2O/c1-11-5-3-8-15(9-11)10-13(16)12-6-4-7-14(12)2/h4,6-7,11H,3,5,8-10H2,1-2H3. The number of aromatic nitrogens is 1. The number of Topliss-reactive ketones (excluding diaryl/α,β-unsaturated/α-hetero) is 1. The summed E-state index contributed by atoms with van der Waals surface area (Å²) in [7, 11) is 1.92. The lowest BCUT2D eigenvalue weighted by Crippen LogP contribution is -2.38. The molecule has 1 fully saturated rings. The van der Waals surface area contributed by atoms with Crippen LogP contribution < -0.4 is 0 Å². The Balaban J connectivity index is 1.95. The zero-order valence-corrected chi connectivity index (χ0v) is 10.1. The van der Waals surface area contributed by atoms with E-state index >= 15 is 0 Å². The Hall–Kier alpha value is -1.09. The van der Waals surface area contributed by atoms with Crippen molar-refractivity contribution in [2.24, 2.45) is 13.0 Å². The predicted molar refractivity (Wildman–Crippen MR) is 64.6 cm³/mol. The van der Waals surface area contributed by atoms with Crippen LogP contribution in [-0.4, -0.2) is 34.9 Å². The SMILES string of the molecule is CC1CCCN(CC(=O)c2cccn2C)C1. The molecule has 0 saturated carbocycles. The number of piperidine rings is 1. The fourth-order valence-corrected chi connectivity index (χ4v) is 2.47. The van der Waals surface area contributed by atoms with Crippen molar-refractivity contribution in [2.75, 3.05) is 19.6 Å². The maximum Gasteiger partial charge on any atom is 0.193 e. The van der Waals surface area contributed by atoms with Crippen LogP contribution >= 0.6 is 0 Å². The van der Waals surface area contributed by atoms with E-state index in [1.807, 2.05) is 29.9 Å². The molecule has 3 heteroatoms. The molecular formula is C13H20N2O. The molecular weight excluding hydrogens is 200 g/mol. The minimum Gasteiger partial charge on any atom is -0.348 e. The molecule has 1 unspecified atom stereocenters. The number of ketones is 1. The van der Waals surface area contributed by atoms with Gasteiger partial charge in [-0.1, -0.05) is 6.92 Å². The van der Waals surface area contributed by atoms with Crippen LogP contribution in [0.2, 0.25) is 0 Å². The van der Waals surface area contributed by atoms with E-state index in [2.05, 4.69) is 11.8 Å². The van der Waals surface area contributed by atoms with Gasteiger partial charge in [0, 0.05) is 19.8 Å². The van der Waals surface area contributed by atoms with Crippen molar-refractivity contribution in [2.45, 2.75) is 19.8 Å². The normalized spacial score (nSPS) is 22.2. The molecule has 2 heterocycles. The van der Waals surface area contributed by atoms with E-state index < -0.39 is 0 Å². The number of carbonyl (C=O) groups excluding carboxylic acids is 1. The van der Waals surface area contributed by atoms with Gasteiger partial charge in [-0.25, -0.2) is 0 Å². The second-order valence-corrected chi connectivity index (χ2v) is 4.91. The first-order chi connectivity index (χ1) is 7.66. The van der Waals surface area contributed by atoms with Crippen LogP contribution in [0, 0.1) is 5.92 Å². The molecule has 1 aliphatic heterocycles. The second-order valence-electron chi connectivity index (χ2n) is 4.91. The molecule has 0 aromatic carbocycles. The molecule has 0 radical (unpaired) electrons. The summed E-state index contributed by atoms with van der Waals surface area (Å²) >= 11 is 0. The smallest absolute Gasteiger partial charge is 0.193 e. The molecule has 88 valence electrons. The summed E-state index contributed by atoms with van der Waals surface area (Å²) in [5, 5.41) is 0. The van der Waals surface area contributed by atoms with Crippen molar-refractivity contribution in [1.29, 1.82) is 0 Å². The molecule has 0 N–H and O–H groups in total. The molecule has 1 aliphatic rings. The van der Waals surface area contributed by atoms with Crippen LogP contribution in [-0.2, 0) is 7.05 Å². The number of aryl methyl sites for hydroxylation is 1. The zero-order valence-electron chi connectivity index (χ0n) is 10.1. The van der Waals surface area contributed by atoms with Crippen LogP contribution in [0.25, 0.3) is 0 Å². The Morgan fingerprint density at radius 3 is 3.00 bits per heavy atom. The van der Waals surface area contributed by atoms with Crippen molar-refractivity contribution < 1.29 is 4.79 Å². The van der Waals surface area contributed by atoms with Crippen molar-refractivity contribution in [3.63, 3.8) is 0 Å². The lowest BCUT2D eigenvalue weighted by molar-refractivity contribution is 0.0885. The van der Waals surface area contributed by atoms with Crippen LogP contribution in [0.5, 0.6) is 0 Å². The molecule has 1 atom stereocenters. The van der Waals surface area contributed by atoms with Crippen molar-refractivity contribution in [3.05, 3.63) is 24.0 Å². The van der Waals surface area contributed by atoms with Gasteiger partial charge in [-0.05, 0) is 37.4 Å². The van der Waals surface area contributed by atoms with Crippen LogP contribution in [0.15, 0.2) is 18.3 Å². The number of hydrogen-bond acceptors (Lipinski definition) is 2. The van der Waals surface area contributed by atoms with Crippen molar-refractivity contribution in [1.82, 2.24) is 9.47 Å². The maximum atomic E-state index is 12.0.